The van der Waals surface area contributed by atoms with E-state index in [1.54, 1.807) is 23.5 Å². The van der Waals surface area contributed by atoms with Crippen LogP contribution in [0.3, 0.4) is 0 Å². The van der Waals surface area contributed by atoms with Crippen molar-refractivity contribution in [3.05, 3.63) is 46.2 Å². The minimum atomic E-state index is -0.125. The van der Waals surface area contributed by atoms with Crippen LogP contribution < -0.4 is 4.90 Å². The molecule has 0 saturated heterocycles. The highest BCUT2D eigenvalue weighted by molar-refractivity contribution is 7.09. The first-order valence-electron chi connectivity index (χ1n) is 5.65. The summed E-state index contributed by atoms with van der Waals surface area (Å²) >= 11 is 1.70. The summed E-state index contributed by atoms with van der Waals surface area (Å²) in [5, 5.41) is 11.8. The highest BCUT2D eigenvalue weighted by atomic mass is 32.1. The van der Waals surface area contributed by atoms with Crippen molar-refractivity contribution in [3.8, 4) is 5.75 Å². The predicted octanol–water partition coefficient (Wildman–Crippen LogP) is 3.29. The number of phenolic OH excluding ortho intramolecular Hbond substituents is 1. The Bertz CT molecular complexity index is 549. The number of thiophene rings is 1. The van der Waals surface area contributed by atoms with Gasteiger partial charge in [-0.25, -0.2) is 0 Å². The Labute approximate surface area is 110 Å². The number of aromatic hydroxyl groups is 1. The standard InChI is InChI=1S/C14H15NO2S/c1-10(16)13-6-5-11(8-14(13)17)15(2)9-12-4-3-7-18-12/h3-8,17H,9H2,1-2H3. The van der Waals surface area contributed by atoms with Gasteiger partial charge in [0, 0.05) is 23.7 Å². The Morgan fingerprint density at radius 1 is 1.39 bits per heavy atom. The summed E-state index contributed by atoms with van der Waals surface area (Å²) in [5.41, 5.74) is 1.26. The number of ketones is 1. The lowest BCUT2D eigenvalue weighted by atomic mass is 10.1. The Hall–Kier alpha value is -1.81. The molecule has 4 heteroatoms. The maximum atomic E-state index is 11.2. The number of hydrogen-bond acceptors (Lipinski definition) is 4. The fraction of sp³-hybridized carbons (Fsp3) is 0.214. The number of nitrogens with zero attached hydrogens (tertiary/aromatic N) is 1. The molecule has 3 nitrogen and oxygen atoms in total. The second-order valence-corrected chi connectivity index (χ2v) is 5.23. The van der Waals surface area contributed by atoms with Crippen molar-refractivity contribution in [2.45, 2.75) is 13.5 Å². The van der Waals surface area contributed by atoms with E-state index in [4.69, 9.17) is 0 Å². The van der Waals surface area contributed by atoms with E-state index in [9.17, 15) is 9.90 Å². The quantitative estimate of drug-likeness (QED) is 0.858. The van der Waals surface area contributed by atoms with Crippen LogP contribution in [0.1, 0.15) is 22.2 Å². The molecule has 0 spiro atoms. The summed E-state index contributed by atoms with van der Waals surface area (Å²) in [5.74, 6) is -0.0852. The van der Waals surface area contributed by atoms with E-state index in [0.717, 1.165) is 12.2 Å². The van der Waals surface area contributed by atoms with E-state index in [-0.39, 0.29) is 11.5 Å². The van der Waals surface area contributed by atoms with Crippen LogP contribution in [0, 0.1) is 0 Å². The molecule has 1 heterocycles. The number of Topliss-reactive ketones (excluding diaryl/α,β-unsaturated/α-hetero) is 1. The van der Waals surface area contributed by atoms with Gasteiger partial charge in [0.1, 0.15) is 5.75 Å². The summed E-state index contributed by atoms with van der Waals surface area (Å²) in [7, 11) is 1.96. The summed E-state index contributed by atoms with van der Waals surface area (Å²) in [6, 6.07) is 9.24. The van der Waals surface area contributed by atoms with Gasteiger partial charge in [-0.15, -0.1) is 11.3 Å². The van der Waals surface area contributed by atoms with Gasteiger partial charge in [-0.05, 0) is 30.5 Å². The third kappa shape index (κ3) is 2.71. The predicted molar refractivity (Wildman–Crippen MR) is 74.5 cm³/mol. The fourth-order valence-corrected chi connectivity index (χ4v) is 2.54. The minimum Gasteiger partial charge on any atom is -0.507 e. The third-order valence-corrected chi connectivity index (χ3v) is 3.64. The first-order valence-corrected chi connectivity index (χ1v) is 6.53. The number of phenols is 1. The molecule has 0 atom stereocenters. The summed E-state index contributed by atoms with van der Waals surface area (Å²) < 4.78 is 0. The van der Waals surface area contributed by atoms with Gasteiger partial charge < -0.3 is 10.0 Å². The molecule has 1 aromatic carbocycles. The van der Waals surface area contributed by atoms with E-state index in [0.29, 0.717) is 5.56 Å². The van der Waals surface area contributed by atoms with Crippen molar-refractivity contribution in [1.82, 2.24) is 0 Å². The molecule has 2 aromatic rings. The normalized spacial score (nSPS) is 10.3. The number of carbonyl (C=O) groups is 1. The highest BCUT2D eigenvalue weighted by Crippen LogP contribution is 2.25. The summed E-state index contributed by atoms with van der Waals surface area (Å²) in [6.45, 7) is 2.24. The van der Waals surface area contributed by atoms with Crippen LogP contribution in [-0.2, 0) is 6.54 Å². The van der Waals surface area contributed by atoms with Crippen LogP contribution in [0.15, 0.2) is 35.7 Å². The van der Waals surface area contributed by atoms with Crippen LogP contribution in [0.5, 0.6) is 5.75 Å². The van der Waals surface area contributed by atoms with E-state index in [2.05, 4.69) is 6.07 Å². The van der Waals surface area contributed by atoms with Crippen LogP contribution in [0.2, 0.25) is 0 Å². The molecule has 1 N–H and O–H groups in total. The van der Waals surface area contributed by atoms with Gasteiger partial charge in [0.2, 0.25) is 0 Å². The molecule has 0 radical (unpaired) electrons. The zero-order valence-corrected chi connectivity index (χ0v) is 11.2. The topological polar surface area (TPSA) is 40.5 Å². The van der Waals surface area contributed by atoms with Crippen molar-refractivity contribution < 1.29 is 9.90 Å². The molecule has 0 aliphatic rings. The maximum absolute atomic E-state index is 11.2. The molecule has 0 aliphatic carbocycles. The van der Waals surface area contributed by atoms with Crippen molar-refractivity contribution in [3.63, 3.8) is 0 Å². The second kappa shape index (κ2) is 5.23. The minimum absolute atomic E-state index is 0.0398. The molecular formula is C14H15NO2S. The SMILES string of the molecule is CC(=O)c1ccc(N(C)Cc2cccs2)cc1O. The Balaban J connectivity index is 2.18. The first kappa shape index (κ1) is 12.6. The molecule has 0 aliphatic heterocycles. The van der Waals surface area contributed by atoms with Crippen LogP contribution >= 0.6 is 11.3 Å². The highest BCUT2D eigenvalue weighted by Gasteiger charge is 2.09. The van der Waals surface area contributed by atoms with Crippen molar-refractivity contribution in [2.24, 2.45) is 0 Å². The molecule has 0 bridgehead atoms. The lowest BCUT2D eigenvalue weighted by molar-refractivity contribution is 0.101. The molecule has 1 aromatic heterocycles. The number of carbonyl (C=O) groups excluding carboxylic acids is 1. The second-order valence-electron chi connectivity index (χ2n) is 4.19. The number of hydrogen-bond donors (Lipinski definition) is 1. The largest absolute Gasteiger partial charge is 0.507 e. The Morgan fingerprint density at radius 2 is 2.17 bits per heavy atom. The average Bonchev–Trinajstić information content (AvgIpc) is 2.81. The molecule has 94 valence electrons. The monoisotopic (exact) mass is 261 g/mol. The number of benzene rings is 1. The summed E-state index contributed by atoms with van der Waals surface area (Å²) in [4.78, 5) is 14.5. The Morgan fingerprint density at radius 3 is 2.72 bits per heavy atom. The lowest BCUT2D eigenvalue weighted by Crippen LogP contribution is -2.15. The van der Waals surface area contributed by atoms with E-state index in [1.807, 2.05) is 29.5 Å². The molecule has 0 fully saturated rings. The number of rotatable bonds is 4. The third-order valence-electron chi connectivity index (χ3n) is 2.77. The molecule has 0 saturated carbocycles. The zero-order chi connectivity index (χ0) is 13.1. The van der Waals surface area contributed by atoms with Gasteiger partial charge in [-0.2, -0.15) is 0 Å². The van der Waals surface area contributed by atoms with Gasteiger partial charge in [0.25, 0.3) is 0 Å². The molecule has 0 unspecified atom stereocenters. The van der Waals surface area contributed by atoms with Crippen LogP contribution in [0.4, 0.5) is 5.69 Å². The van der Waals surface area contributed by atoms with E-state index < -0.39 is 0 Å². The first-order chi connectivity index (χ1) is 8.58. The van der Waals surface area contributed by atoms with Gasteiger partial charge in [-0.3, -0.25) is 4.79 Å². The lowest BCUT2D eigenvalue weighted by Gasteiger charge is -2.19. The van der Waals surface area contributed by atoms with E-state index in [1.165, 1.54) is 11.8 Å². The van der Waals surface area contributed by atoms with Crippen LogP contribution in [0.25, 0.3) is 0 Å². The van der Waals surface area contributed by atoms with Gasteiger partial charge in [-0.1, -0.05) is 6.07 Å². The van der Waals surface area contributed by atoms with E-state index >= 15 is 0 Å². The Kier molecular flexibility index (Phi) is 3.67. The van der Waals surface area contributed by atoms with Crippen molar-refractivity contribution >= 4 is 22.8 Å². The van der Waals surface area contributed by atoms with Gasteiger partial charge >= 0.3 is 0 Å². The van der Waals surface area contributed by atoms with Crippen LogP contribution in [-0.4, -0.2) is 17.9 Å². The zero-order valence-electron chi connectivity index (χ0n) is 10.4. The maximum Gasteiger partial charge on any atom is 0.163 e. The van der Waals surface area contributed by atoms with Crippen molar-refractivity contribution in [2.75, 3.05) is 11.9 Å². The fourth-order valence-electron chi connectivity index (χ4n) is 1.78. The summed E-state index contributed by atoms with van der Waals surface area (Å²) in [6.07, 6.45) is 0. The van der Waals surface area contributed by atoms with Gasteiger partial charge in [0.05, 0.1) is 12.1 Å². The molecule has 0 amide bonds. The molecule has 18 heavy (non-hydrogen) atoms. The average molecular weight is 261 g/mol. The molecular weight excluding hydrogens is 246 g/mol. The van der Waals surface area contributed by atoms with Crippen molar-refractivity contribution in [1.29, 1.82) is 0 Å². The number of anilines is 1. The molecule has 2 rings (SSSR count). The smallest absolute Gasteiger partial charge is 0.163 e. The van der Waals surface area contributed by atoms with Gasteiger partial charge in [0.15, 0.2) is 5.78 Å².